The summed E-state index contributed by atoms with van der Waals surface area (Å²) >= 11 is 0. The van der Waals surface area contributed by atoms with Crippen molar-refractivity contribution in [3.05, 3.63) is 47.8 Å². The predicted molar refractivity (Wildman–Crippen MR) is 82.8 cm³/mol. The van der Waals surface area contributed by atoms with Crippen LogP contribution in [-0.2, 0) is 0 Å². The number of fused-ring (bicyclic) bond motifs is 1. The molecule has 0 amide bonds. The van der Waals surface area contributed by atoms with Gasteiger partial charge in [0.1, 0.15) is 0 Å². The molecule has 1 atom stereocenters. The van der Waals surface area contributed by atoms with Crippen LogP contribution in [0, 0.1) is 0 Å². The summed E-state index contributed by atoms with van der Waals surface area (Å²) in [4.78, 5) is 0. The van der Waals surface area contributed by atoms with Gasteiger partial charge in [-0.15, -0.1) is 0 Å². The van der Waals surface area contributed by atoms with E-state index < -0.39 is 0 Å². The van der Waals surface area contributed by atoms with Gasteiger partial charge in [-0.25, -0.2) is 4.52 Å². The summed E-state index contributed by atoms with van der Waals surface area (Å²) in [5, 5.41) is 7.97. The van der Waals surface area contributed by atoms with E-state index in [9.17, 15) is 0 Å². The minimum Gasteiger partial charge on any atom is -0.309 e. The summed E-state index contributed by atoms with van der Waals surface area (Å²) < 4.78 is 1.96. The SMILES string of the molecule is CNC(/C1=C/CCCCCC1)c1cnn2ccccc12. The summed E-state index contributed by atoms with van der Waals surface area (Å²) in [6.45, 7) is 0. The van der Waals surface area contributed by atoms with Crippen molar-refractivity contribution < 1.29 is 0 Å². The third-order valence-corrected chi connectivity index (χ3v) is 4.25. The van der Waals surface area contributed by atoms with Crippen molar-refractivity contribution in [2.45, 2.75) is 44.6 Å². The molecule has 0 aromatic carbocycles. The zero-order valence-corrected chi connectivity index (χ0v) is 12.2. The Bertz CT molecular complexity index is 597. The van der Waals surface area contributed by atoms with E-state index in [2.05, 4.69) is 35.7 Å². The van der Waals surface area contributed by atoms with Crippen LogP contribution in [0.25, 0.3) is 5.52 Å². The number of hydrogen-bond donors (Lipinski definition) is 1. The summed E-state index contributed by atoms with van der Waals surface area (Å²) in [6, 6.07) is 6.55. The Hall–Kier alpha value is -1.61. The number of likely N-dealkylation sites (N-methyl/N-ethyl adjacent to an activating group) is 1. The lowest BCUT2D eigenvalue weighted by Crippen LogP contribution is -2.19. The fourth-order valence-corrected chi connectivity index (χ4v) is 3.20. The molecule has 0 spiro atoms. The lowest BCUT2D eigenvalue weighted by molar-refractivity contribution is 0.575. The average molecular weight is 269 g/mol. The van der Waals surface area contributed by atoms with Gasteiger partial charge >= 0.3 is 0 Å². The number of nitrogens with one attached hydrogen (secondary N) is 1. The first-order valence-corrected chi connectivity index (χ1v) is 7.68. The van der Waals surface area contributed by atoms with E-state index in [-0.39, 0.29) is 0 Å². The van der Waals surface area contributed by atoms with Crippen molar-refractivity contribution in [3.8, 4) is 0 Å². The van der Waals surface area contributed by atoms with Gasteiger partial charge in [-0.3, -0.25) is 0 Å². The minimum atomic E-state index is 0.299. The van der Waals surface area contributed by atoms with Crippen molar-refractivity contribution >= 4 is 5.52 Å². The van der Waals surface area contributed by atoms with Gasteiger partial charge in [0.2, 0.25) is 0 Å². The van der Waals surface area contributed by atoms with Gasteiger partial charge in [-0.1, -0.05) is 30.6 Å². The smallest absolute Gasteiger partial charge is 0.0712 e. The topological polar surface area (TPSA) is 29.3 Å². The fraction of sp³-hybridized carbons (Fsp3) is 0.471. The lowest BCUT2D eigenvalue weighted by Gasteiger charge is -2.21. The van der Waals surface area contributed by atoms with Gasteiger partial charge in [-0.05, 0) is 44.9 Å². The Morgan fingerprint density at radius 3 is 3.00 bits per heavy atom. The Balaban J connectivity index is 1.96. The van der Waals surface area contributed by atoms with E-state index in [0.29, 0.717) is 6.04 Å². The molecule has 2 aromatic rings. The Morgan fingerprint density at radius 1 is 1.20 bits per heavy atom. The number of pyridine rings is 1. The third-order valence-electron chi connectivity index (χ3n) is 4.25. The van der Waals surface area contributed by atoms with Crippen LogP contribution in [-0.4, -0.2) is 16.7 Å². The summed E-state index contributed by atoms with van der Waals surface area (Å²) in [5.41, 5.74) is 4.03. The van der Waals surface area contributed by atoms with E-state index in [1.807, 2.05) is 23.0 Å². The van der Waals surface area contributed by atoms with Crippen molar-refractivity contribution in [2.75, 3.05) is 7.05 Å². The molecule has 1 unspecified atom stereocenters. The quantitative estimate of drug-likeness (QED) is 0.857. The van der Waals surface area contributed by atoms with Gasteiger partial charge in [0.05, 0.1) is 17.8 Å². The van der Waals surface area contributed by atoms with E-state index in [1.165, 1.54) is 55.2 Å². The molecule has 0 radical (unpaired) electrons. The van der Waals surface area contributed by atoms with Crippen molar-refractivity contribution in [3.63, 3.8) is 0 Å². The van der Waals surface area contributed by atoms with E-state index in [0.717, 1.165) is 0 Å². The van der Waals surface area contributed by atoms with Crippen LogP contribution in [0.15, 0.2) is 42.2 Å². The highest BCUT2D eigenvalue weighted by atomic mass is 15.2. The highest BCUT2D eigenvalue weighted by Gasteiger charge is 2.19. The molecule has 106 valence electrons. The number of aromatic nitrogens is 2. The largest absolute Gasteiger partial charge is 0.309 e. The molecule has 3 nitrogen and oxygen atoms in total. The predicted octanol–water partition coefficient (Wildman–Crippen LogP) is 3.88. The van der Waals surface area contributed by atoms with Gasteiger partial charge < -0.3 is 5.32 Å². The van der Waals surface area contributed by atoms with Crippen LogP contribution in [0.4, 0.5) is 0 Å². The lowest BCUT2D eigenvalue weighted by atomic mass is 9.91. The van der Waals surface area contributed by atoms with Crippen LogP contribution < -0.4 is 5.32 Å². The fourth-order valence-electron chi connectivity index (χ4n) is 3.20. The summed E-state index contributed by atoms with van der Waals surface area (Å²) in [7, 11) is 2.05. The minimum absolute atomic E-state index is 0.299. The van der Waals surface area contributed by atoms with Crippen LogP contribution in [0.1, 0.15) is 50.1 Å². The van der Waals surface area contributed by atoms with Crippen LogP contribution >= 0.6 is 0 Å². The molecule has 0 fully saturated rings. The average Bonchev–Trinajstić information content (AvgIpc) is 2.86. The maximum Gasteiger partial charge on any atom is 0.0712 e. The summed E-state index contributed by atoms with van der Waals surface area (Å²) in [6.07, 6.45) is 14.3. The molecule has 0 aliphatic heterocycles. The Labute approximate surface area is 120 Å². The molecule has 3 rings (SSSR count). The molecule has 2 aromatic heterocycles. The molecule has 1 aliphatic rings. The Kier molecular flexibility index (Phi) is 4.16. The molecule has 0 saturated carbocycles. The molecule has 0 bridgehead atoms. The standard InChI is InChI=1S/C17H23N3/c1-18-17(14-9-5-3-2-4-6-10-14)15-13-19-20-12-8-7-11-16(15)20/h7-9,11-13,17-18H,2-6,10H2,1H3/b14-9+. The number of nitrogens with zero attached hydrogens (tertiary/aromatic N) is 2. The molecular weight excluding hydrogens is 246 g/mol. The first-order chi connectivity index (χ1) is 9.90. The van der Waals surface area contributed by atoms with E-state index in [4.69, 9.17) is 0 Å². The second kappa shape index (κ2) is 6.23. The number of rotatable bonds is 3. The third kappa shape index (κ3) is 2.63. The van der Waals surface area contributed by atoms with Crippen LogP contribution in [0.5, 0.6) is 0 Å². The zero-order valence-electron chi connectivity index (χ0n) is 12.2. The molecule has 1 aliphatic carbocycles. The Morgan fingerprint density at radius 2 is 2.10 bits per heavy atom. The van der Waals surface area contributed by atoms with Crippen molar-refractivity contribution in [2.24, 2.45) is 0 Å². The van der Waals surface area contributed by atoms with Crippen LogP contribution in [0.2, 0.25) is 0 Å². The number of hydrogen-bond acceptors (Lipinski definition) is 2. The maximum atomic E-state index is 4.47. The molecule has 20 heavy (non-hydrogen) atoms. The van der Waals surface area contributed by atoms with Gasteiger partial charge in [0.15, 0.2) is 0 Å². The second-order valence-corrected chi connectivity index (χ2v) is 5.58. The maximum absolute atomic E-state index is 4.47. The zero-order chi connectivity index (χ0) is 13.8. The summed E-state index contributed by atoms with van der Waals surface area (Å²) in [5.74, 6) is 0. The van der Waals surface area contributed by atoms with Crippen molar-refractivity contribution in [1.29, 1.82) is 0 Å². The van der Waals surface area contributed by atoms with Gasteiger partial charge in [0.25, 0.3) is 0 Å². The first-order valence-electron chi connectivity index (χ1n) is 7.68. The van der Waals surface area contributed by atoms with Gasteiger partial charge in [-0.2, -0.15) is 5.10 Å². The molecule has 1 N–H and O–H groups in total. The van der Waals surface area contributed by atoms with Gasteiger partial charge in [0, 0.05) is 11.8 Å². The van der Waals surface area contributed by atoms with E-state index >= 15 is 0 Å². The molecular formula is C17H23N3. The van der Waals surface area contributed by atoms with E-state index in [1.54, 1.807) is 0 Å². The molecule has 0 saturated heterocycles. The highest BCUT2D eigenvalue weighted by molar-refractivity contribution is 5.56. The molecule has 2 heterocycles. The first kappa shape index (κ1) is 13.4. The van der Waals surface area contributed by atoms with Crippen molar-refractivity contribution in [1.82, 2.24) is 14.9 Å². The normalized spacial score (nSPS) is 20.9. The van der Waals surface area contributed by atoms with Crippen LogP contribution in [0.3, 0.4) is 0 Å². The monoisotopic (exact) mass is 269 g/mol. The molecule has 3 heteroatoms. The second-order valence-electron chi connectivity index (χ2n) is 5.58. The highest BCUT2D eigenvalue weighted by Crippen LogP contribution is 2.30. The number of allylic oxidation sites excluding steroid dienone is 1.